The van der Waals surface area contributed by atoms with Crippen LogP contribution in [0.5, 0.6) is 11.5 Å². The molecule has 0 amide bonds. The molecule has 5 nitrogen and oxygen atoms in total. The number of anilines is 1. The zero-order chi connectivity index (χ0) is 12.4. The summed E-state index contributed by atoms with van der Waals surface area (Å²) in [6.45, 7) is 0.202. The summed E-state index contributed by atoms with van der Waals surface area (Å²) >= 11 is 0. The van der Waals surface area contributed by atoms with Gasteiger partial charge in [0.2, 0.25) is 0 Å². The first-order valence-electron chi connectivity index (χ1n) is 5.05. The molecular weight excluding hydrogens is 229 g/mol. The second kappa shape index (κ2) is 4.48. The van der Waals surface area contributed by atoms with Gasteiger partial charge in [0, 0.05) is 12.1 Å². The van der Waals surface area contributed by atoms with E-state index in [1.54, 1.807) is 0 Å². The lowest BCUT2D eigenvalue weighted by Crippen LogP contribution is -2.31. The molecule has 1 heterocycles. The van der Waals surface area contributed by atoms with Crippen molar-refractivity contribution < 1.29 is 23.4 Å². The van der Waals surface area contributed by atoms with Crippen molar-refractivity contribution in [2.24, 2.45) is 0 Å². The fourth-order valence-electron chi connectivity index (χ4n) is 1.52. The first-order valence-corrected chi connectivity index (χ1v) is 5.05. The van der Waals surface area contributed by atoms with E-state index in [1.165, 1.54) is 13.2 Å². The molecule has 17 heavy (non-hydrogen) atoms. The molecule has 2 rings (SSSR count). The van der Waals surface area contributed by atoms with E-state index in [-0.39, 0.29) is 24.5 Å². The highest BCUT2D eigenvalue weighted by Crippen LogP contribution is 2.35. The van der Waals surface area contributed by atoms with Gasteiger partial charge in [-0.15, -0.1) is 0 Å². The molecule has 6 heteroatoms. The topological polar surface area (TPSA) is 70.8 Å². The predicted octanol–water partition coefficient (Wildman–Crippen LogP) is 1.11. The number of carbonyl (C=O) groups excluding carboxylic acids is 1. The van der Waals surface area contributed by atoms with E-state index in [1.807, 2.05) is 0 Å². The van der Waals surface area contributed by atoms with E-state index in [0.29, 0.717) is 5.75 Å². The molecule has 0 fully saturated rings. The molecule has 0 radical (unpaired) electrons. The van der Waals surface area contributed by atoms with Crippen LogP contribution in [0.1, 0.15) is 6.42 Å². The summed E-state index contributed by atoms with van der Waals surface area (Å²) in [5.74, 6) is -0.356. The Hall–Kier alpha value is -1.98. The molecule has 1 aliphatic heterocycles. The van der Waals surface area contributed by atoms with Gasteiger partial charge in [0.1, 0.15) is 18.5 Å². The smallest absolute Gasteiger partial charge is 0.309 e. The van der Waals surface area contributed by atoms with Crippen molar-refractivity contribution in [3.05, 3.63) is 17.9 Å². The summed E-state index contributed by atoms with van der Waals surface area (Å²) in [5, 5.41) is 0. The van der Waals surface area contributed by atoms with Crippen molar-refractivity contribution in [3.63, 3.8) is 0 Å². The lowest BCUT2D eigenvalue weighted by molar-refractivity contribution is -0.143. The Morgan fingerprint density at radius 3 is 3.06 bits per heavy atom. The molecule has 0 spiro atoms. The van der Waals surface area contributed by atoms with Gasteiger partial charge >= 0.3 is 5.97 Å². The largest absolute Gasteiger partial charge is 0.486 e. The van der Waals surface area contributed by atoms with Gasteiger partial charge in [-0.2, -0.15) is 0 Å². The van der Waals surface area contributed by atoms with E-state index >= 15 is 0 Å². The predicted molar refractivity (Wildman–Crippen MR) is 57.4 cm³/mol. The molecule has 1 aromatic carbocycles. The number of nitrogen functional groups attached to an aromatic ring is 1. The number of nitrogens with two attached hydrogens (primary N) is 1. The maximum absolute atomic E-state index is 13.2. The minimum absolute atomic E-state index is 0.00114. The summed E-state index contributed by atoms with van der Waals surface area (Å²) in [5.41, 5.74) is 5.39. The summed E-state index contributed by atoms with van der Waals surface area (Å²) in [7, 11) is 1.29. The SMILES string of the molecule is COC(=O)C[C@@H]1COc2cc(N)c(F)cc2O1. The zero-order valence-electron chi connectivity index (χ0n) is 9.23. The number of rotatable bonds is 2. The van der Waals surface area contributed by atoms with E-state index in [2.05, 4.69) is 4.74 Å². The van der Waals surface area contributed by atoms with Crippen LogP contribution in [0, 0.1) is 5.82 Å². The van der Waals surface area contributed by atoms with Crippen molar-refractivity contribution in [1.82, 2.24) is 0 Å². The lowest BCUT2D eigenvalue weighted by Gasteiger charge is -2.26. The van der Waals surface area contributed by atoms with Crippen LogP contribution in [0.15, 0.2) is 12.1 Å². The molecule has 1 aliphatic rings. The highest BCUT2D eigenvalue weighted by Gasteiger charge is 2.25. The molecular formula is C11H12FNO4. The fraction of sp³-hybridized carbons (Fsp3) is 0.364. The van der Waals surface area contributed by atoms with Gasteiger partial charge in [0.15, 0.2) is 11.5 Å². The van der Waals surface area contributed by atoms with E-state index in [4.69, 9.17) is 15.2 Å². The second-order valence-electron chi connectivity index (χ2n) is 3.65. The Labute approximate surface area is 97.3 Å². The maximum Gasteiger partial charge on any atom is 0.309 e. The molecule has 0 aromatic heterocycles. The van der Waals surface area contributed by atoms with Gasteiger partial charge in [-0.1, -0.05) is 0 Å². The number of ether oxygens (including phenoxy) is 3. The van der Waals surface area contributed by atoms with E-state index in [0.717, 1.165) is 6.07 Å². The van der Waals surface area contributed by atoms with Gasteiger partial charge in [0.25, 0.3) is 0 Å². The summed E-state index contributed by atoms with van der Waals surface area (Å²) in [6.07, 6.45) is -0.417. The van der Waals surface area contributed by atoms with Crippen LogP contribution in [-0.2, 0) is 9.53 Å². The Kier molecular flexibility index (Phi) is 3.03. The minimum Gasteiger partial charge on any atom is -0.486 e. The molecule has 0 aliphatic carbocycles. The number of carbonyl (C=O) groups is 1. The summed E-state index contributed by atoms with van der Waals surface area (Å²) in [4.78, 5) is 11.1. The molecule has 0 saturated carbocycles. The van der Waals surface area contributed by atoms with Crippen molar-refractivity contribution in [1.29, 1.82) is 0 Å². The number of methoxy groups -OCH3 is 1. The van der Waals surface area contributed by atoms with Gasteiger partial charge in [-0.3, -0.25) is 4.79 Å². The third kappa shape index (κ3) is 2.41. The monoisotopic (exact) mass is 241 g/mol. The average Bonchev–Trinajstić information content (AvgIpc) is 2.31. The molecule has 1 atom stereocenters. The van der Waals surface area contributed by atoms with Crippen LogP contribution in [0.3, 0.4) is 0 Å². The number of hydrogen-bond donors (Lipinski definition) is 1. The molecule has 2 N–H and O–H groups in total. The second-order valence-corrected chi connectivity index (χ2v) is 3.65. The molecule has 0 bridgehead atoms. The zero-order valence-corrected chi connectivity index (χ0v) is 9.23. The molecule has 0 saturated heterocycles. The number of hydrogen-bond acceptors (Lipinski definition) is 5. The maximum atomic E-state index is 13.2. The van der Waals surface area contributed by atoms with Crippen molar-refractivity contribution >= 4 is 11.7 Å². The third-order valence-corrected chi connectivity index (χ3v) is 2.40. The highest BCUT2D eigenvalue weighted by atomic mass is 19.1. The summed E-state index contributed by atoms with van der Waals surface area (Å²) in [6, 6.07) is 2.51. The Balaban J connectivity index is 2.13. The Morgan fingerprint density at radius 2 is 2.35 bits per heavy atom. The van der Waals surface area contributed by atoms with Gasteiger partial charge in [-0.25, -0.2) is 4.39 Å². The number of halogens is 1. The summed E-state index contributed by atoms with van der Waals surface area (Å²) < 4.78 is 28.5. The van der Waals surface area contributed by atoms with Gasteiger partial charge in [-0.05, 0) is 0 Å². The first-order chi connectivity index (χ1) is 8.10. The Morgan fingerprint density at radius 1 is 1.59 bits per heavy atom. The number of benzene rings is 1. The Bertz CT molecular complexity index is 449. The lowest BCUT2D eigenvalue weighted by atomic mass is 10.2. The van der Waals surface area contributed by atoms with Crippen LogP contribution in [0.4, 0.5) is 10.1 Å². The average molecular weight is 241 g/mol. The van der Waals surface area contributed by atoms with E-state index < -0.39 is 17.9 Å². The molecule has 1 aromatic rings. The minimum atomic E-state index is -0.578. The van der Waals surface area contributed by atoms with Gasteiger partial charge < -0.3 is 19.9 Å². The fourth-order valence-corrected chi connectivity index (χ4v) is 1.52. The van der Waals surface area contributed by atoms with Crippen molar-refractivity contribution in [2.45, 2.75) is 12.5 Å². The van der Waals surface area contributed by atoms with Crippen LogP contribution in [-0.4, -0.2) is 25.8 Å². The highest BCUT2D eigenvalue weighted by molar-refractivity contribution is 5.70. The molecule has 92 valence electrons. The third-order valence-electron chi connectivity index (χ3n) is 2.40. The van der Waals surface area contributed by atoms with E-state index in [9.17, 15) is 9.18 Å². The number of esters is 1. The number of fused-ring (bicyclic) bond motifs is 1. The van der Waals surface area contributed by atoms with Crippen LogP contribution < -0.4 is 15.2 Å². The molecule has 0 unspecified atom stereocenters. The van der Waals surface area contributed by atoms with Crippen molar-refractivity contribution in [3.8, 4) is 11.5 Å². The van der Waals surface area contributed by atoms with Gasteiger partial charge in [0.05, 0.1) is 19.2 Å². The van der Waals surface area contributed by atoms with Crippen LogP contribution in [0.2, 0.25) is 0 Å². The normalized spacial score (nSPS) is 17.6. The first kappa shape index (κ1) is 11.5. The quantitative estimate of drug-likeness (QED) is 0.620. The standard InChI is InChI=1S/C11H12FNO4/c1-15-11(14)2-6-5-16-9-4-8(13)7(12)3-10(9)17-6/h3-4,6H,2,5,13H2,1H3/t6-/m1/s1. The van der Waals surface area contributed by atoms with Crippen molar-refractivity contribution in [2.75, 3.05) is 19.5 Å². The van der Waals surface area contributed by atoms with Crippen LogP contribution in [0.25, 0.3) is 0 Å². The van der Waals surface area contributed by atoms with Crippen LogP contribution >= 0.6 is 0 Å².